The Morgan fingerprint density at radius 1 is 1.29 bits per heavy atom. The van der Waals surface area contributed by atoms with E-state index in [1.54, 1.807) is 0 Å². The molecule has 0 aromatic carbocycles. The lowest BCUT2D eigenvalue weighted by atomic mass is 9.88. The summed E-state index contributed by atoms with van der Waals surface area (Å²) in [5.41, 5.74) is 0. The lowest BCUT2D eigenvalue weighted by molar-refractivity contribution is 0.125. The average molecular weight is 522 g/mol. The van der Waals surface area contributed by atoms with Crippen LogP contribution in [-0.2, 0) is 0 Å². The van der Waals surface area contributed by atoms with Gasteiger partial charge in [-0.05, 0) is 71.5 Å². The summed E-state index contributed by atoms with van der Waals surface area (Å²) in [7, 11) is 4.12. The lowest BCUT2D eigenvalue weighted by Crippen LogP contribution is -2.47. The zero-order valence-corrected chi connectivity index (χ0v) is 21.6. The van der Waals surface area contributed by atoms with Crippen LogP contribution < -0.4 is 10.6 Å². The first-order chi connectivity index (χ1) is 12.9. The van der Waals surface area contributed by atoms with Gasteiger partial charge in [0.15, 0.2) is 5.96 Å². The van der Waals surface area contributed by atoms with Crippen LogP contribution in [0.25, 0.3) is 0 Å². The molecule has 2 heterocycles. The first-order valence-corrected chi connectivity index (χ1v) is 11.3. The number of thiophene rings is 1. The number of likely N-dealkylation sites (tertiary alicyclic amines) is 1. The normalized spacial score (nSPS) is 21.2. The van der Waals surface area contributed by atoms with Gasteiger partial charge in [0.2, 0.25) is 0 Å². The quantitative estimate of drug-likeness (QED) is 0.308. The number of guanidine groups is 1. The van der Waals surface area contributed by atoms with E-state index in [0.29, 0.717) is 24.0 Å². The molecular weight excluding hydrogens is 481 g/mol. The molecule has 1 aromatic rings. The van der Waals surface area contributed by atoms with E-state index in [9.17, 15) is 0 Å². The smallest absolute Gasteiger partial charge is 0.191 e. The van der Waals surface area contributed by atoms with Crippen molar-refractivity contribution in [2.45, 2.75) is 58.7 Å². The number of piperidine rings is 1. The van der Waals surface area contributed by atoms with Crippen molar-refractivity contribution in [3.05, 3.63) is 22.4 Å². The van der Waals surface area contributed by atoms with Gasteiger partial charge in [0.25, 0.3) is 0 Å². The molecule has 0 bridgehead atoms. The maximum absolute atomic E-state index is 4.43. The Hall–Kier alpha value is -0.380. The molecule has 1 fully saturated rings. The first-order valence-electron chi connectivity index (χ1n) is 10.4. The molecular formula is C21H40IN5S. The summed E-state index contributed by atoms with van der Waals surface area (Å²) in [6.45, 7) is 13.1. The van der Waals surface area contributed by atoms with Gasteiger partial charge in [-0.1, -0.05) is 6.07 Å². The maximum Gasteiger partial charge on any atom is 0.191 e. The predicted octanol–water partition coefficient (Wildman–Crippen LogP) is 4.03. The number of halogens is 1. The number of nitrogens with zero attached hydrogens (tertiary/aromatic N) is 3. The topological polar surface area (TPSA) is 42.9 Å². The van der Waals surface area contributed by atoms with E-state index in [-0.39, 0.29) is 24.0 Å². The Kier molecular flexibility index (Phi) is 11.9. The van der Waals surface area contributed by atoms with Crippen molar-refractivity contribution in [1.82, 2.24) is 20.4 Å². The first kappa shape index (κ1) is 25.7. The third-order valence-corrected chi connectivity index (χ3v) is 6.53. The van der Waals surface area contributed by atoms with Gasteiger partial charge in [0.1, 0.15) is 0 Å². The van der Waals surface area contributed by atoms with Crippen molar-refractivity contribution in [3.63, 3.8) is 0 Å². The van der Waals surface area contributed by atoms with Gasteiger partial charge >= 0.3 is 0 Å². The number of rotatable bonds is 8. The predicted molar refractivity (Wildman–Crippen MR) is 134 cm³/mol. The Morgan fingerprint density at radius 2 is 2.00 bits per heavy atom. The summed E-state index contributed by atoms with van der Waals surface area (Å²) < 4.78 is 0. The minimum absolute atomic E-state index is 0. The summed E-state index contributed by atoms with van der Waals surface area (Å²) in [6, 6.07) is 6.09. The Bertz CT molecular complexity index is 553. The van der Waals surface area contributed by atoms with E-state index in [4.69, 9.17) is 0 Å². The van der Waals surface area contributed by atoms with Gasteiger partial charge in [-0.15, -0.1) is 35.3 Å². The minimum Gasteiger partial charge on any atom is -0.356 e. The third kappa shape index (κ3) is 7.46. The molecule has 1 aliphatic rings. The van der Waals surface area contributed by atoms with Gasteiger partial charge in [-0.2, -0.15) is 0 Å². The van der Waals surface area contributed by atoms with Crippen LogP contribution in [0, 0.1) is 5.92 Å². The SMILES string of the molecule is CN=C(NCCN(C(C)C)C(C)C)NCC1CCCN(C)C1c1cccs1.I. The number of hydrogen-bond acceptors (Lipinski definition) is 4. The van der Waals surface area contributed by atoms with Crippen molar-refractivity contribution in [2.24, 2.45) is 10.9 Å². The average Bonchev–Trinajstić information content (AvgIpc) is 3.14. The second-order valence-electron chi connectivity index (χ2n) is 8.15. The molecule has 1 saturated heterocycles. The standard InChI is InChI=1S/C21H39N5S.HI/c1-16(2)26(17(3)4)13-11-23-21(22-5)24-15-18-9-7-12-25(6)20(18)19-10-8-14-27-19;/h8,10,14,16-18,20H,7,9,11-13,15H2,1-6H3,(H2,22,23,24);1H. The van der Waals surface area contributed by atoms with Gasteiger partial charge in [0.05, 0.1) is 0 Å². The molecule has 0 saturated carbocycles. The van der Waals surface area contributed by atoms with E-state index in [1.165, 1.54) is 24.3 Å². The van der Waals surface area contributed by atoms with Crippen molar-refractivity contribution < 1.29 is 0 Å². The van der Waals surface area contributed by atoms with Crippen LogP contribution in [-0.4, -0.2) is 68.1 Å². The molecule has 2 N–H and O–H groups in total. The molecule has 162 valence electrons. The zero-order chi connectivity index (χ0) is 19.8. The second-order valence-corrected chi connectivity index (χ2v) is 9.13. The molecule has 28 heavy (non-hydrogen) atoms. The number of nitrogens with one attached hydrogen (secondary N) is 2. The highest BCUT2D eigenvalue weighted by Gasteiger charge is 2.31. The van der Waals surface area contributed by atoms with Crippen LogP contribution in [0.5, 0.6) is 0 Å². The molecule has 0 amide bonds. The maximum atomic E-state index is 4.43. The number of aliphatic imine (C=N–C) groups is 1. The lowest BCUT2D eigenvalue weighted by Gasteiger charge is -2.39. The fraction of sp³-hybridized carbons (Fsp3) is 0.762. The van der Waals surface area contributed by atoms with Crippen molar-refractivity contribution in [1.29, 1.82) is 0 Å². The summed E-state index contributed by atoms with van der Waals surface area (Å²) in [6.07, 6.45) is 2.54. The summed E-state index contributed by atoms with van der Waals surface area (Å²) >= 11 is 1.88. The van der Waals surface area contributed by atoms with Gasteiger partial charge in [0, 0.05) is 49.7 Å². The van der Waals surface area contributed by atoms with Crippen LogP contribution in [0.1, 0.15) is 51.5 Å². The number of hydrogen-bond donors (Lipinski definition) is 2. The van der Waals surface area contributed by atoms with Crippen molar-refractivity contribution >= 4 is 41.3 Å². The van der Waals surface area contributed by atoms with Crippen LogP contribution in [0.15, 0.2) is 22.5 Å². The third-order valence-electron chi connectivity index (χ3n) is 5.59. The Labute approximate surface area is 193 Å². The van der Waals surface area contributed by atoms with E-state index in [0.717, 1.165) is 25.6 Å². The molecule has 1 aromatic heterocycles. The molecule has 2 atom stereocenters. The molecule has 5 nitrogen and oxygen atoms in total. The molecule has 2 rings (SSSR count). The Morgan fingerprint density at radius 3 is 2.57 bits per heavy atom. The highest BCUT2D eigenvalue weighted by atomic mass is 127. The van der Waals surface area contributed by atoms with Crippen LogP contribution >= 0.6 is 35.3 Å². The fourth-order valence-electron chi connectivity index (χ4n) is 4.25. The summed E-state index contributed by atoms with van der Waals surface area (Å²) in [4.78, 5) is 10.9. The molecule has 0 aliphatic carbocycles. The molecule has 7 heteroatoms. The highest BCUT2D eigenvalue weighted by molar-refractivity contribution is 14.0. The largest absolute Gasteiger partial charge is 0.356 e. The molecule has 0 spiro atoms. The van der Waals surface area contributed by atoms with Gasteiger partial charge in [-0.25, -0.2) is 0 Å². The second kappa shape index (κ2) is 13.0. The van der Waals surface area contributed by atoms with Crippen LogP contribution in [0.2, 0.25) is 0 Å². The monoisotopic (exact) mass is 521 g/mol. The summed E-state index contributed by atoms with van der Waals surface area (Å²) in [5, 5.41) is 9.27. The van der Waals surface area contributed by atoms with Crippen molar-refractivity contribution in [3.8, 4) is 0 Å². The van der Waals surface area contributed by atoms with E-state index < -0.39 is 0 Å². The van der Waals surface area contributed by atoms with E-state index >= 15 is 0 Å². The van der Waals surface area contributed by atoms with Crippen LogP contribution in [0.3, 0.4) is 0 Å². The molecule has 0 radical (unpaired) electrons. The minimum atomic E-state index is 0. The molecule has 2 unspecified atom stereocenters. The summed E-state index contributed by atoms with van der Waals surface area (Å²) in [5.74, 6) is 1.53. The van der Waals surface area contributed by atoms with Crippen LogP contribution in [0.4, 0.5) is 0 Å². The van der Waals surface area contributed by atoms with Gasteiger partial charge in [-0.3, -0.25) is 14.8 Å². The van der Waals surface area contributed by atoms with Crippen molar-refractivity contribution in [2.75, 3.05) is 40.3 Å². The Balaban J connectivity index is 0.00000392. The molecule has 1 aliphatic heterocycles. The van der Waals surface area contributed by atoms with Gasteiger partial charge < -0.3 is 10.6 Å². The highest BCUT2D eigenvalue weighted by Crippen LogP contribution is 2.36. The van der Waals surface area contributed by atoms with E-state index in [2.05, 4.69) is 77.7 Å². The van der Waals surface area contributed by atoms with E-state index in [1.807, 2.05) is 18.4 Å². The fourth-order valence-corrected chi connectivity index (χ4v) is 5.23. The zero-order valence-electron chi connectivity index (χ0n) is 18.4.